The number of hydrogen-bond acceptors (Lipinski definition) is 4. The van der Waals surface area contributed by atoms with Crippen LogP contribution >= 0.6 is 11.6 Å². The summed E-state index contributed by atoms with van der Waals surface area (Å²) in [5.74, 6) is -0.994. The van der Waals surface area contributed by atoms with Crippen LogP contribution < -0.4 is 10.9 Å². The summed E-state index contributed by atoms with van der Waals surface area (Å²) in [5, 5.41) is 10.8. The first kappa shape index (κ1) is 16.4. The number of hydrogen-bond donors (Lipinski definition) is 2. The molecule has 0 heterocycles. The van der Waals surface area contributed by atoms with Crippen LogP contribution in [0.5, 0.6) is 0 Å². The van der Waals surface area contributed by atoms with Crippen LogP contribution in [0.1, 0.15) is 15.9 Å². The van der Waals surface area contributed by atoms with Crippen molar-refractivity contribution in [3.63, 3.8) is 0 Å². The molecule has 2 amide bonds. The number of non-ortho nitro benzene ring substituents is 1. The zero-order valence-corrected chi connectivity index (χ0v) is 12.5. The van der Waals surface area contributed by atoms with E-state index >= 15 is 0 Å². The Morgan fingerprint density at radius 2 is 1.70 bits per heavy atom. The highest BCUT2D eigenvalue weighted by molar-refractivity contribution is 6.33. The first-order chi connectivity index (χ1) is 11.0. The second-order valence-electron chi connectivity index (χ2n) is 4.58. The van der Waals surface area contributed by atoms with E-state index in [2.05, 4.69) is 10.9 Å². The van der Waals surface area contributed by atoms with Crippen LogP contribution in [-0.4, -0.2) is 16.7 Å². The number of benzene rings is 2. The third kappa shape index (κ3) is 4.52. The number of halogens is 1. The molecule has 0 aliphatic heterocycles. The van der Waals surface area contributed by atoms with Gasteiger partial charge in [-0.2, -0.15) is 0 Å². The summed E-state index contributed by atoms with van der Waals surface area (Å²) >= 11 is 5.88. The number of nitro benzene ring substituents is 1. The monoisotopic (exact) mass is 333 g/mol. The Kier molecular flexibility index (Phi) is 5.27. The van der Waals surface area contributed by atoms with Crippen LogP contribution in [0.25, 0.3) is 0 Å². The zero-order valence-electron chi connectivity index (χ0n) is 11.8. The Labute approximate surface area is 136 Å². The van der Waals surface area contributed by atoms with E-state index in [1.165, 1.54) is 30.3 Å². The molecule has 2 aromatic rings. The van der Waals surface area contributed by atoms with Gasteiger partial charge in [0.05, 0.1) is 21.9 Å². The number of nitrogens with zero attached hydrogens (tertiary/aromatic N) is 1. The van der Waals surface area contributed by atoms with Gasteiger partial charge in [-0.15, -0.1) is 0 Å². The van der Waals surface area contributed by atoms with Crippen LogP contribution in [0.15, 0.2) is 48.5 Å². The summed E-state index contributed by atoms with van der Waals surface area (Å²) in [6, 6.07) is 12.0. The molecule has 0 atom stereocenters. The predicted molar refractivity (Wildman–Crippen MR) is 83.9 cm³/mol. The first-order valence-electron chi connectivity index (χ1n) is 6.54. The van der Waals surface area contributed by atoms with Gasteiger partial charge >= 0.3 is 0 Å². The first-order valence-corrected chi connectivity index (χ1v) is 6.92. The number of nitro groups is 1. The molecule has 0 fully saturated rings. The Balaban J connectivity index is 1.89. The van der Waals surface area contributed by atoms with Gasteiger partial charge in [0.15, 0.2) is 0 Å². The van der Waals surface area contributed by atoms with Crippen molar-refractivity contribution in [3.8, 4) is 0 Å². The second-order valence-corrected chi connectivity index (χ2v) is 4.99. The summed E-state index contributed by atoms with van der Waals surface area (Å²) in [6.07, 6.45) is -0.0270. The van der Waals surface area contributed by atoms with E-state index in [1.807, 2.05) is 0 Å². The molecule has 7 nitrogen and oxygen atoms in total. The van der Waals surface area contributed by atoms with Crippen molar-refractivity contribution in [2.75, 3.05) is 0 Å². The van der Waals surface area contributed by atoms with Crippen LogP contribution in [0.2, 0.25) is 5.02 Å². The maximum Gasteiger partial charge on any atom is 0.271 e. The van der Waals surface area contributed by atoms with Gasteiger partial charge in [-0.3, -0.25) is 30.6 Å². The fourth-order valence-electron chi connectivity index (χ4n) is 1.80. The van der Waals surface area contributed by atoms with Gasteiger partial charge in [-0.1, -0.05) is 35.9 Å². The highest BCUT2D eigenvalue weighted by atomic mass is 35.5. The SMILES string of the molecule is O=C(Cc1ccc([N+](=O)[O-])cc1)NNC(=O)c1ccccc1Cl. The van der Waals surface area contributed by atoms with E-state index < -0.39 is 16.7 Å². The van der Waals surface area contributed by atoms with Crippen molar-refractivity contribution in [3.05, 3.63) is 74.8 Å². The number of amides is 2. The van der Waals surface area contributed by atoms with E-state index in [4.69, 9.17) is 11.6 Å². The van der Waals surface area contributed by atoms with Crippen molar-refractivity contribution in [1.82, 2.24) is 10.9 Å². The summed E-state index contributed by atoms with van der Waals surface area (Å²) in [4.78, 5) is 33.6. The number of carbonyl (C=O) groups is 2. The van der Waals surface area contributed by atoms with E-state index in [-0.39, 0.29) is 22.7 Å². The fourth-order valence-corrected chi connectivity index (χ4v) is 2.03. The average Bonchev–Trinajstić information content (AvgIpc) is 2.53. The third-order valence-corrected chi connectivity index (χ3v) is 3.28. The average molecular weight is 334 g/mol. The Bertz CT molecular complexity index is 747. The molecule has 0 saturated heterocycles. The molecule has 2 N–H and O–H groups in total. The van der Waals surface area contributed by atoms with Gasteiger partial charge < -0.3 is 0 Å². The number of nitrogens with one attached hydrogen (secondary N) is 2. The van der Waals surface area contributed by atoms with E-state index in [0.29, 0.717) is 5.56 Å². The van der Waals surface area contributed by atoms with Gasteiger partial charge in [-0.25, -0.2) is 0 Å². The van der Waals surface area contributed by atoms with Crippen LogP contribution in [0, 0.1) is 10.1 Å². The van der Waals surface area contributed by atoms with Gasteiger partial charge in [0, 0.05) is 12.1 Å². The number of carbonyl (C=O) groups excluding carboxylic acids is 2. The molecule has 0 spiro atoms. The molecular weight excluding hydrogens is 322 g/mol. The molecule has 0 aliphatic rings. The largest absolute Gasteiger partial charge is 0.273 e. The molecule has 8 heteroatoms. The Hall–Kier alpha value is -2.93. The Morgan fingerprint density at radius 1 is 1.04 bits per heavy atom. The molecule has 118 valence electrons. The Morgan fingerprint density at radius 3 is 2.30 bits per heavy atom. The summed E-state index contributed by atoms with van der Waals surface area (Å²) in [5.41, 5.74) is 5.29. The van der Waals surface area contributed by atoms with Gasteiger partial charge in [0.2, 0.25) is 5.91 Å². The van der Waals surface area contributed by atoms with E-state index in [9.17, 15) is 19.7 Å². The summed E-state index contributed by atoms with van der Waals surface area (Å²) in [7, 11) is 0. The lowest BCUT2D eigenvalue weighted by Gasteiger charge is -2.08. The zero-order chi connectivity index (χ0) is 16.8. The quantitative estimate of drug-likeness (QED) is 0.661. The highest BCUT2D eigenvalue weighted by Crippen LogP contribution is 2.14. The molecule has 0 radical (unpaired) electrons. The standard InChI is InChI=1S/C15H12ClN3O4/c16-13-4-2-1-3-12(13)15(21)18-17-14(20)9-10-5-7-11(8-6-10)19(22)23/h1-8H,9H2,(H,17,20)(H,18,21). The van der Waals surface area contributed by atoms with Gasteiger partial charge in [0.25, 0.3) is 11.6 Å². The summed E-state index contributed by atoms with van der Waals surface area (Å²) < 4.78 is 0. The molecular formula is C15H12ClN3O4. The van der Waals surface area contributed by atoms with Crippen molar-refractivity contribution in [2.45, 2.75) is 6.42 Å². The van der Waals surface area contributed by atoms with Crippen LogP contribution in [0.4, 0.5) is 5.69 Å². The highest BCUT2D eigenvalue weighted by Gasteiger charge is 2.11. The lowest BCUT2D eigenvalue weighted by Crippen LogP contribution is -2.42. The minimum absolute atomic E-state index is 0.0270. The molecule has 0 bridgehead atoms. The minimum Gasteiger partial charge on any atom is -0.273 e. The van der Waals surface area contributed by atoms with Gasteiger partial charge in [0.1, 0.15) is 0 Å². The van der Waals surface area contributed by atoms with Crippen LogP contribution in [0.3, 0.4) is 0 Å². The van der Waals surface area contributed by atoms with Crippen molar-refractivity contribution in [1.29, 1.82) is 0 Å². The van der Waals surface area contributed by atoms with Crippen molar-refractivity contribution < 1.29 is 14.5 Å². The molecule has 0 aliphatic carbocycles. The third-order valence-electron chi connectivity index (χ3n) is 2.95. The minimum atomic E-state index is -0.535. The summed E-state index contributed by atoms with van der Waals surface area (Å²) in [6.45, 7) is 0. The van der Waals surface area contributed by atoms with Gasteiger partial charge in [-0.05, 0) is 17.7 Å². The second kappa shape index (κ2) is 7.37. The van der Waals surface area contributed by atoms with E-state index in [0.717, 1.165) is 0 Å². The normalized spacial score (nSPS) is 9.96. The van der Waals surface area contributed by atoms with E-state index in [1.54, 1.807) is 18.2 Å². The molecule has 2 aromatic carbocycles. The smallest absolute Gasteiger partial charge is 0.271 e. The van der Waals surface area contributed by atoms with Crippen LogP contribution in [-0.2, 0) is 11.2 Å². The number of hydrazine groups is 1. The molecule has 0 unspecified atom stereocenters. The maximum absolute atomic E-state index is 11.9. The maximum atomic E-state index is 11.9. The number of rotatable bonds is 4. The topological polar surface area (TPSA) is 101 Å². The lowest BCUT2D eigenvalue weighted by molar-refractivity contribution is -0.384. The molecule has 0 aromatic heterocycles. The fraction of sp³-hybridized carbons (Fsp3) is 0.0667. The van der Waals surface area contributed by atoms with Crippen molar-refractivity contribution in [2.24, 2.45) is 0 Å². The molecule has 0 saturated carbocycles. The molecule has 23 heavy (non-hydrogen) atoms. The predicted octanol–water partition coefficient (Wildman–Crippen LogP) is 2.25. The molecule has 2 rings (SSSR count). The lowest BCUT2D eigenvalue weighted by atomic mass is 10.1. The van der Waals surface area contributed by atoms with Crippen molar-refractivity contribution >= 4 is 29.1 Å².